The van der Waals surface area contributed by atoms with Crippen molar-refractivity contribution in [3.63, 3.8) is 0 Å². The van der Waals surface area contributed by atoms with Gasteiger partial charge in [0.2, 0.25) is 0 Å². The third kappa shape index (κ3) is 5.50. The van der Waals surface area contributed by atoms with Crippen LogP contribution >= 0.6 is 11.3 Å². The smallest absolute Gasteiger partial charge is 0.407 e. The molecular weight excluding hydrogens is 470 g/mol. The summed E-state index contributed by atoms with van der Waals surface area (Å²) in [6.45, 7) is 1.82. The van der Waals surface area contributed by atoms with Crippen LogP contribution in [-0.2, 0) is 16.0 Å². The number of carbonyl (C=O) groups excluding carboxylic acids is 2. The number of benzene rings is 2. The number of aryl methyl sites for hydroxylation is 1. The van der Waals surface area contributed by atoms with E-state index < -0.39 is 30.6 Å². The van der Waals surface area contributed by atoms with Crippen molar-refractivity contribution in [2.75, 3.05) is 19.7 Å². The van der Waals surface area contributed by atoms with Crippen LogP contribution in [0.3, 0.4) is 0 Å². The summed E-state index contributed by atoms with van der Waals surface area (Å²) in [6, 6.07) is 16.2. The highest BCUT2D eigenvalue weighted by atomic mass is 32.1. The predicted octanol–water partition coefficient (Wildman–Crippen LogP) is 2.71. The molecule has 2 aromatic carbocycles. The zero-order chi connectivity index (χ0) is 24.9. The number of aromatic nitrogens is 1. The van der Waals surface area contributed by atoms with Crippen LogP contribution in [0, 0.1) is 6.92 Å². The number of carboxylic acid groups (broad SMARTS) is 1. The molecule has 9 nitrogen and oxygen atoms in total. The second-order valence-corrected chi connectivity index (χ2v) is 9.37. The molecule has 0 aliphatic heterocycles. The molecule has 2 amide bonds. The zero-order valence-electron chi connectivity index (χ0n) is 19.0. The normalized spacial score (nSPS) is 13.0. The number of carbonyl (C=O) groups is 3. The van der Waals surface area contributed by atoms with Gasteiger partial charge in [0.25, 0.3) is 5.91 Å². The van der Waals surface area contributed by atoms with Crippen molar-refractivity contribution in [2.24, 2.45) is 0 Å². The number of hydrogen-bond donors (Lipinski definition) is 4. The zero-order valence-corrected chi connectivity index (χ0v) is 19.8. The second-order valence-electron chi connectivity index (χ2n) is 8.08. The number of ether oxygens (including phenoxy) is 1. The highest BCUT2D eigenvalue weighted by molar-refractivity contribution is 7.11. The molecule has 10 heteroatoms. The van der Waals surface area contributed by atoms with Gasteiger partial charge in [-0.2, -0.15) is 0 Å². The maximum absolute atomic E-state index is 12.3. The summed E-state index contributed by atoms with van der Waals surface area (Å²) < 4.78 is 5.52. The topological polar surface area (TPSA) is 138 Å². The molecule has 182 valence electrons. The Hall–Kier alpha value is -3.76. The first kappa shape index (κ1) is 24.4. The molecule has 1 aliphatic carbocycles. The quantitative estimate of drug-likeness (QED) is 0.358. The van der Waals surface area contributed by atoms with Crippen LogP contribution in [-0.4, -0.2) is 59.0 Å². The van der Waals surface area contributed by atoms with Crippen LogP contribution in [0.4, 0.5) is 4.79 Å². The Bertz CT molecular complexity index is 1210. The van der Waals surface area contributed by atoms with E-state index in [4.69, 9.17) is 9.84 Å². The number of hydrogen-bond acceptors (Lipinski definition) is 7. The number of alkyl carbamates (subject to hydrolysis) is 1. The maximum atomic E-state index is 12.3. The van der Waals surface area contributed by atoms with Crippen molar-refractivity contribution in [2.45, 2.75) is 25.4 Å². The highest BCUT2D eigenvalue weighted by Gasteiger charge is 2.29. The number of aliphatic hydroxyl groups excluding tert-OH is 1. The van der Waals surface area contributed by atoms with Gasteiger partial charge in [-0.15, -0.1) is 11.3 Å². The molecule has 0 radical (unpaired) electrons. The van der Waals surface area contributed by atoms with Gasteiger partial charge in [0.1, 0.15) is 12.3 Å². The number of aliphatic hydroxyl groups is 1. The number of amides is 2. The molecule has 4 rings (SSSR count). The lowest BCUT2D eigenvalue weighted by atomic mass is 9.98. The van der Waals surface area contributed by atoms with Crippen LogP contribution in [0.2, 0.25) is 0 Å². The number of fused-ring (bicyclic) bond motifs is 3. The van der Waals surface area contributed by atoms with E-state index in [2.05, 4.69) is 39.9 Å². The van der Waals surface area contributed by atoms with Crippen molar-refractivity contribution in [1.29, 1.82) is 0 Å². The summed E-state index contributed by atoms with van der Waals surface area (Å²) in [5.74, 6) is -1.99. The van der Waals surface area contributed by atoms with Gasteiger partial charge < -0.3 is 25.6 Å². The standard InChI is InChI=1S/C25H25N3O6S/c1-14-22(23(30)27-12-20(29)24(31)32)28-21(35-14)10-11-26-25(33)34-13-19-17-8-4-2-6-15(17)16-7-3-5-9-18(16)19/h2-9,19-20,29H,10-13H2,1H3,(H,26,33)(H,27,30)(H,31,32)/t20-/m0/s1. The summed E-state index contributed by atoms with van der Waals surface area (Å²) in [5.41, 5.74) is 4.77. The number of aliphatic carboxylic acids is 1. The number of thiazole rings is 1. The van der Waals surface area contributed by atoms with E-state index in [1.165, 1.54) is 11.3 Å². The Morgan fingerprint density at radius 2 is 1.69 bits per heavy atom. The van der Waals surface area contributed by atoms with Gasteiger partial charge in [0, 0.05) is 23.8 Å². The average Bonchev–Trinajstić information content (AvgIpc) is 3.38. The molecule has 35 heavy (non-hydrogen) atoms. The highest BCUT2D eigenvalue weighted by Crippen LogP contribution is 2.44. The van der Waals surface area contributed by atoms with Gasteiger partial charge in [0.05, 0.1) is 11.6 Å². The number of rotatable bonds is 9. The van der Waals surface area contributed by atoms with Gasteiger partial charge in [-0.05, 0) is 29.2 Å². The first-order chi connectivity index (χ1) is 16.8. The van der Waals surface area contributed by atoms with E-state index in [1.807, 2.05) is 24.3 Å². The minimum absolute atomic E-state index is 0.0181. The molecular formula is C25H25N3O6S. The van der Waals surface area contributed by atoms with Gasteiger partial charge in [0.15, 0.2) is 6.10 Å². The molecule has 4 N–H and O–H groups in total. The van der Waals surface area contributed by atoms with Crippen molar-refractivity contribution in [1.82, 2.24) is 15.6 Å². The lowest BCUT2D eigenvalue weighted by Crippen LogP contribution is -2.36. The summed E-state index contributed by atoms with van der Waals surface area (Å²) in [5, 5.41) is 23.7. The van der Waals surface area contributed by atoms with Crippen molar-refractivity contribution >= 4 is 29.3 Å². The summed E-state index contributed by atoms with van der Waals surface area (Å²) in [6.07, 6.45) is -1.81. The molecule has 3 aromatic rings. The van der Waals surface area contributed by atoms with Crippen LogP contribution in [0.15, 0.2) is 48.5 Å². The van der Waals surface area contributed by atoms with E-state index in [0.717, 1.165) is 22.3 Å². The SMILES string of the molecule is Cc1sc(CCNC(=O)OCC2c3ccccc3-c3ccccc32)nc1C(=O)NC[C@H](O)C(=O)O. The molecule has 1 aromatic heterocycles. The van der Waals surface area contributed by atoms with Gasteiger partial charge in [-0.3, -0.25) is 4.79 Å². The molecule has 1 heterocycles. The predicted molar refractivity (Wildman–Crippen MR) is 130 cm³/mol. The first-order valence-corrected chi connectivity index (χ1v) is 11.9. The summed E-state index contributed by atoms with van der Waals surface area (Å²) in [4.78, 5) is 40.1. The molecule has 0 saturated heterocycles. The number of nitrogens with zero attached hydrogens (tertiary/aromatic N) is 1. The van der Waals surface area contributed by atoms with E-state index >= 15 is 0 Å². The number of carboxylic acids is 1. The Kier molecular flexibility index (Phi) is 7.42. The molecule has 0 fully saturated rings. The fourth-order valence-electron chi connectivity index (χ4n) is 4.05. The Morgan fingerprint density at radius 3 is 2.31 bits per heavy atom. The van der Waals surface area contributed by atoms with Crippen molar-refractivity contribution in [3.8, 4) is 11.1 Å². The fourth-order valence-corrected chi connectivity index (χ4v) is 4.98. The Labute approximate surface area is 205 Å². The molecule has 1 aliphatic rings. The third-order valence-electron chi connectivity index (χ3n) is 5.75. The fraction of sp³-hybridized carbons (Fsp3) is 0.280. The largest absolute Gasteiger partial charge is 0.479 e. The van der Waals surface area contributed by atoms with Crippen molar-refractivity contribution < 1.29 is 29.3 Å². The van der Waals surface area contributed by atoms with E-state index in [1.54, 1.807) is 6.92 Å². The van der Waals surface area contributed by atoms with E-state index in [-0.39, 0.29) is 24.8 Å². The van der Waals surface area contributed by atoms with Crippen LogP contribution < -0.4 is 10.6 Å². The maximum Gasteiger partial charge on any atom is 0.407 e. The van der Waals surface area contributed by atoms with Gasteiger partial charge in [-0.25, -0.2) is 14.6 Å². The Balaban J connectivity index is 1.27. The van der Waals surface area contributed by atoms with Gasteiger partial charge in [-0.1, -0.05) is 48.5 Å². The summed E-state index contributed by atoms with van der Waals surface area (Å²) >= 11 is 1.31. The molecule has 0 saturated carbocycles. The average molecular weight is 496 g/mol. The molecule has 0 bridgehead atoms. The number of nitrogens with one attached hydrogen (secondary N) is 2. The minimum Gasteiger partial charge on any atom is -0.479 e. The molecule has 0 spiro atoms. The molecule has 0 unspecified atom stereocenters. The minimum atomic E-state index is -1.68. The van der Waals surface area contributed by atoms with Crippen molar-refractivity contribution in [3.05, 3.63) is 75.2 Å². The summed E-state index contributed by atoms with van der Waals surface area (Å²) in [7, 11) is 0. The second kappa shape index (κ2) is 10.7. The van der Waals surface area contributed by atoms with E-state index in [0.29, 0.717) is 16.3 Å². The van der Waals surface area contributed by atoms with E-state index in [9.17, 15) is 19.5 Å². The lowest BCUT2D eigenvalue weighted by molar-refractivity contribution is -0.146. The molecule has 1 atom stereocenters. The van der Waals surface area contributed by atoms with Crippen LogP contribution in [0.5, 0.6) is 0 Å². The Morgan fingerprint density at radius 1 is 1.06 bits per heavy atom. The van der Waals surface area contributed by atoms with Gasteiger partial charge >= 0.3 is 12.1 Å². The van der Waals surface area contributed by atoms with Crippen LogP contribution in [0.25, 0.3) is 11.1 Å². The van der Waals surface area contributed by atoms with Crippen LogP contribution in [0.1, 0.15) is 37.4 Å². The monoisotopic (exact) mass is 495 g/mol. The lowest BCUT2D eigenvalue weighted by Gasteiger charge is -2.14. The third-order valence-corrected chi connectivity index (χ3v) is 6.78. The first-order valence-electron chi connectivity index (χ1n) is 11.1.